The molecule has 0 saturated carbocycles. The van der Waals surface area contributed by atoms with E-state index in [1.54, 1.807) is 17.4 Å². The van der Waals surface area contributed by atoms with Gasteiger partial charge in [-0.3, -0.25) is 15.2 Å². The normalized spacial score (nSPS) is 11.0. The van der Waals surface area contributed by atoms with Crippen molar-refractivity contribution in [1.82, 2.24) is 20.4 Å². The molecule has 0 aromatic carbocycles. The Morgan fingerprint density at radius 3 is 2.90 bits per heavy atom. The van der Waals surface area contributed by atoms with Crippen LogP contribution < -0.4 is 5.32 Å². The maximum absolute atomic E-state index is 12.1. The number of carbonyl (C=O) groups excluding carboxylic acids is 1. The molecule has 3 aromatic heterocycles. The number of aromatic amines is 1. The van der Waals surface area contributed by atoms with Crippen LogP contribution >= 0.6 is 22.7 Å². The van der Waals surface area contributed by atoms with Crippen molar-refractivity contribution in [3.8, 4) is 10.6 Å². The smallest absolute Gasteiger partial charge is 0.277 e. The van der Waals surface area contributed by atoms with Crippen LogP contribution in [-0.4, -0.2) is 26.3 Å². The first-order chi connectivity index (χ1) is 10.1. The first kappa shape index (κ1) is 13.9. The molecular formula is C13H13N5OS2. The van der Waals surface area contributed by atoms with Crippen LogP contribution in [0.2, 0.25) is 0 Å². The van der Waals surface area contributed by atoms with Gasteiger partial charge in [0.05, 0.1) is 0 Å². The third kappa shape index (κ3) is 3.01. The van der Waals surface area contributed by atoms with E-state index in [1.165, 1.54) is 11.3 Å². The molecule has 0 atom stereocenters. The van der Waals surface area contributed by atoms with Gasteiger partial charge >= 0.3 is 0 Å². The number of nitrogens with zero attached hydrogens (tertiary/aromatic N) is 3. The summed E-state index contributed by atoms with van der Waals surface area (Å²) in [6.07, 6.45) is 0. The van der Waals surface area contributed by atoms with Crippen LogP contribution in [0, 0.1) is 0 Å². The number of nitrogens with one attached hydrogen (secondary N) is 2. The number of H-pyrrole nitrogens is 1. The van der Waals surface area contributed by atoms with Crippen molar-refractivity contribution < 1.29 is 4.79 Å². The number of hydrogen-bond acceptors (Lipinski definition) is 6. The number of aromatic nitrogens is 4. The van der Waals surface area contributed by atoms with E-state index >= 15 is 0 Å². The van der Waals surface area contributed by atoms with E-state index in [9.17, 15) is 4.79 Å². The summed E-state index contributed by atoms with van der Waals surface area (Å²) in [6.45, 7) is 4.07. The minimum absolute atomic E-state index is 0.286. The maximum Gasteiger partial charge on any atom is 0.277 e. The van der Waals surface area contributed by atoms with E-state index in [0.29, 0.717) is 16.7 Å². The highest BCUT2D eigenvalue weighted by atomic mass is 32.1. The predicted molar refractivity (Wildman–Crippen MR) is 83.9 cm³/mol. The van der Waals surface area contributed by atoms with Crippen LogP contribution in [0.5, 0.6) is 0 Å². The molecule has 3 heterocycles. The number of anilines is 1. The molecule has 0 spiro atoms. The number of amides is 1. The molecule has 108 valence electrons. The lowest BCUT2D eigenvalue weighted by Gasteiger charge is -1.97. The highest BCUT2D eigenvalue weighted by Gasteiger charge is 2.15. The summed E-state index contributed by atoms with van der Waals surface area (Å²) in [5.41, 5.74) is 2.29. The fraction of sp³-hybridized carbons (Fsp3) is 0.231. The molecule has 0 fully saturated rings. The fourth-order valence-electron chi connectivity index (χ4n) is 1.69. The SMILES string of the molecule is CC(C)c1cc(C(=O)Nc2nnc(-c3ccsc3)s2)n[nH]1. The van der Waals surface area contributed by atoms with Gasteiger partial charge < -0.3 is 0 Å². The van der Waals surface area contributed by atoms with Crippen LogP contribution in [0.25, 0.3) is 10.6 Å². The molecule has 0 aliphatic carbocycles. The summed E-state index contributed by atoms with van der Waals surface area (Å²) < 4.78 is 0. The Kier molecular flexibility index (Phi) is 3.80. The summed E-state index contributed by atoms with van der Waals surface area (Å²) in [5, 5.41) is 22.9. The van der Waals surface area contributed by atoms with Crippen molar-refractivity contribution in [2.45, 2.75) is 19.8 Å². The Morgan fingerprint density at radius 2 is 2.24 bits per heavy atom. The third-order valence-electron chi connectivity index (χ3n) is 2.87. The Labute approximate surface area is 129 Å². The van der Waals surface area contributed by atoms with Crippen LogP contribution in [0.1, 0.15) is 35.9 Å². The number of rotatable bonds is 4. The van der Waals surface area contributed by atoms with Crippen LogP contribution in [-0.2, 0) is 0 Å². The molecule has 6 nitrogen and oxygen atoms in total. The summed E-state index contributed by atoms with van der Waals surface area (Å²) in [6, 6.07) is 3.72. The van der Waals surface area contributed by atoms with E-state index in [1.807, 2.05) is 30.7 Å². The second kappa shape index (κ2) is 5.74. The highest BCUT2D eigenvalue weighted by Crippen LogP contribution is 2.28. The highest BCUT2D eigenvalue weighted by molar-refractivity contribution is 7.19. The second-order valence-electron chi connectivity index (χ2n) is 4.74. The molecule has 2 N–H and O–H groups in total. The molecule has 1 amide bonds. The molecule has 0 aliphatic rings. The van der Waals surface area contributed by atoms with Crippen molar-refractivity contribution in [3.63, 3.8) is 0 Å². The molecule has 3 aromatic rings. The predicted octanol–water partition coefficient (Wildman–Crippen LogP) is 3.37. The molecule has 0 bridgehead atoms. The lowest BCUT2D eigenvalue weighted by atomic mass is 10.1. The standard InChI is InChI=1S/C13H13N5OS2/c1-7(2)9-5-10(16-15-9)11(19)14-13-18-17-12(21-13)8-3-4-20-6-8/h3-7H,1-2H3,(H,15,16)(H,14,18,19). The molecule has 21 heavy (non-hydrogen) atoms. The summed E-state index contributed by atoms with van der Waals surface area (Å²) in [7, 11) is 0. The number of hydrogen-bond donors (Lipinski definition) is 2. The largest absolute Gasteiger partial charge is 0.295 e. The summed E-state index contributed by atoms with van der Waals surface area (Å²) in [4.78, 5) is 12.1. The van der Waals surface area contributed by atoms with Crippen molar-refractivity contribution >= 4 is 33.7 Å². The lowest BCUT2D eigenvalue weighted by molar-refractivity contribution is 0.102. The van der Waals surface area contributed by atoms with Crippen LogP contribution in [0.4, 0.5) is 5.13 Å². The average molecular weight is 319 g/mol. The quantitative estimate of drug-likeness (QED) is 0.772. The van der Waals surface area contributed by atoms with Crippen LogP contribution in [0.15, 0.2) is 22.9 Å². The van der Waals surface area contributed by atoms with Crippen molar-refractivity contribution in [3.05, 3.63) is 34.3 Å². The van der Waals surface area contributed by atoms with Crippen molar-refractivity contribution in [2.75, 3.05) is 5.32 Å². The Bertz CT molecular complexity index is 744. The first-order valence-corrected chi connectivity index (χ1v) is 8.12. The third-order valence-corrected chi connectivity index (χ3v) is 4.44. The van der Waals surface area contributed by atoms with E-state index in [0.717, 1.165) is 16.3 Å². The zero-order valence-electron chi connectivity index (χ0n) is 11.5. The van der Waals surface area contributed by atoms with Crippen LogP contribution in [0.3, 0.4) is 0 Å². The monoisotopic (exact) mass is 319 g/mol. The van der Waals surface area contributed by atoms with Crippen molar-refractivity contribution in [1.29, 1.82) is 0 Å². The molecule has 3 rings (SSSR count). The van der Waals surface area contributed by atoms with Gasteiger partial charge in [0.25, 0.3) is 5.91 Å². The number of thiophene rings is 1. The minimum atomic E-state index is -0.286. The lowest BCUT2D eigenvalue weighted by Crippen LogP contribution is -2.12. The van der Waals surface area contributed by atoms with Crippen molar-refractivity contribution in [2.24, 2.45) is 0 Å². The van der Waals surface area contributed by atoms with Gasteiger partial charge in [-0.15, -0.1) is 10.2 Å². The topological polar surface area (TPSA) is 83.6 Å². The van der Waals surface area contributed by atoms with Gasteiger partial charge in [-0.25, -0.2) is 0 Å². The zero-order valence-corrected chi connectivity index (χ0v) is 13.1. The molecule has 0 saturated heterocycles. The molecule has 8 heteroatoms. The van der Waals surface area contributed by atoms with Gasteiger partial charge in [0.1, 0.15) is 5.01 Å². The number of carbonyl (C=O) groups is 1. The van der Waals surface area contributed by atoms with E-state index in [2.05, 4.69) is 25.7 Å². The zero-order chi connectivity index (χ0) is 14.8. The second-order valence-corrected chi connectivity index (χ2v) is 6.50. The fourth-order valence-corrected chi connectivity index (χ4v) is 3.14. The molecule has 0 radical (unpaired) electrons. The van der Waals surface area contributed by atoms with Gasteiger partial charge in [0.15, 0.2) is 5.69 Å². The average Bonchev–Trinajstić information content (AvgIpc) is 3.19. The van der Waals surface area contributed by atoms with Gasteiger partial charge in [-0.1, -0.05) is 25.2 Å². The molecule has 0 unspecified atom stereocenters. The first-order valence-electron chi connectivity index (χ1n) is 6.36. The Morgan fingerprint density at radius 1 is 1.38 bits per heavy atom. The molecule has 0 aliphatic heterocycles. The van der Waals surface area contributed by atoms with Gasteiger partial charge in [0, 0.05) is 16.6 Å². The van der Waals surface area contributed by atoms with E-state index in [4.69, 9.17) is 0 Å². The Hall–Kier alpha value is -2.06. The van der Waals surface area contributed by atoms with Gasteiger partial charge in [0.2, 0.25) is 5.13 Å². The summed E-state index contributed by atoms with van der Waals surface area (Å²) >= 11 is 2.94. The van der Waals surface area contributed by atoms with Gasteiger partial charge in [-0.05, 0) is 23.4 Å². The van der Waals surface area contributed by atoms with Gasteiger partial charge in [-0.2, -0.15) is 16.4 Å². The Balaban J connectivity index is 1.72. The van der Waals surface area contributed by atoms with E-state index in [-0.39, 0.29) is 5.91 Å². The minimum Gasteiger partial charge on any atom is -0.295 e. The van der Waals surface area contributed by atoms with E-state index < -0.39 is 0 Å². The summed E-state index contributed by atoms with van der Waals surface area (Å²) in [5.74, 6) is 0.0111. The molecular weight excluding hydrogens is 306 g/mol. The maximum atomic E-state index is 12.1.